The lowest BCUT2D eigenvalue weighted by Crippen LogP contribution is -2.57. The van der Waals surface area contributed by atoms with Crippen molar-refractivity contribution in [3.05, 3.63) is 41.5 Å². The van der Waals surface area contributed by atoms with Crippen molar-refractivity contribution in [1.82, 2.24) is 15.5 Å². The molecule has 2 unspecified atom stereocenters. The summed E-state index contributed by atoms with van der Waals surface area (Å²) in [6.07, 6.45) is 9.35. The zero-order valence-corrected chi connectivity index (χ0v) is 18.8. The highest BCUT2D eigenvalue weighted by Gasteiger charge is 2.48. The molecule has 4 amide bonds. The summed E-state index contributed by atoms with van der Waals surface area (Å²) in [6.45, 7) is 1.79. The third kappa shape index (κ3) is 4.21. The zero-order chi connectivity index (χ0) is 23.0. The molecule has 33 heavy (non-hydrogen) atoms. The van der Waals surface area contributed by atoms with Crippen LogP contribution in [0.4, 0.5) is 0 Å². The minimum absolute atomic E-state index is 0.0410. The molecule has 174 valence electrons. The number of rotatable bonds is 4. The van der Waals surface area contributed by atoms with Crippen molar-refractivity contribution >= 4 is 29.7 Å². The fraction of sp³-hybridized carbons (Fsp3) is 0.538. The Morgan fingerprint density at radius 3 is 2.58 bits per heavy atom. The number of imide groups is 1. The summed E-state index contributed by atoms with van der Waals surface area (Å²) in [5.74, 6) is -1.37. The highest BCUT2D eigenvalue weighted by molar-refractivity contribution is 6.02. The van der Waals surface area contributed by atoms with Crippen LogP contribution in [0, 0.1) is 17.3 Å². The minimum atomic E-state index is -0.567. The molecule has 0 aromatic heterocycles. The van der Waals surface area contributed by atoms with Crippen LogP contribution in [0.25, 0.3) is 6.08 Å². The van der Waals surface area contributed by atoms with E-state index >= 15 is 0 Å². The van der Waals surface area contributed by atoms with Gasteiger partial charge in [0.1, 0.15) is 0 Å². The number of amides is 4. The van der Waals surface area contributed by atoms with Gasteiger partial charge in [-0.05, 0) is 48.1 Å². The molecule has 2 heterocycles. The second-order valence-electron chi connectivity index (χ2n) is 10.1. The van der Waals surface area contributed by atoms with E-state index in [1.54, 1.807) is 0 Å². The highest BCUT2D eigenvalue weighted by atomic mass is 16.2. The normalized spacial score (nSPS) is 26.4. The van der Waals surface area contributed by atoms with Crippen LogP contribution >= 0.6 is 0 Å². The van der Waals surface area contributed by atoms with Crippen LogP contribution in [0.3, 0.4) is 0 Å². The first-order valence-corrected chi connectivity index (χ1v) is 12.1. The summed E-state index contributed by atoms with van der Waals surface area (Å²) in [6, 6.07) is 8.03. The number of benzene rings is 1. The van der Waals surface area contributed by atoms with Gasteiger partial charge in [0.15, 0.2) is 0 Å². The Morgan fingerprint density at radius 1 is 1.09 bits per heavy atom. The van der Waals surface area contributed by atoms with E-state index in [0.29, 0.717) is 26.1 Å². The van der Waals surface area contributed by atoms with E-state index in [4.69, 9.17) is 0 Å². The SMILES string of the molecule is O=C1CC(C(=O)N2CCC3(CCC3)C(CNC(=O)C3CC=Cc4ccccc43)C2)CC(=O)N1. The second kappa shape index (κ2) is 8.76. The molecule has 2 N–H and O–H groups in total. The predicted octanol–water partition coefficient (Wildman–Crippen LogP) is 2.37. The average molecular weight is 450 g/mol. The molecule has 2 saturated heterocycles. The Morgan fingerprint density at radius 2 is 1.85 bits per heavy atom. The van der Waals surface area contributed by atoms with E-state index in [1.165, 1.54) is 6.42 Å². The molecule has 0 bridgehead atoms. The third-order valence-corrected chi connectivity index (χ3v) is 8.22. The summed E-state index contributed by atoms with van der Waals surface area (Å²) in [5, 5.41) is 5.49. The molecule has 7 nitrogen and oxygen atoms in total. The van der Waals surface area contributed by atoms with Gasteiger partial charge in [-0.1, -0.05) is 42.8 Å². The van der Waals surface area contributed by atoms with E-state index in [1.807, 2.05) is 29.2 Å². The molecule has 5 rings (SSSR count). The topological polar surface area (TPSA) is 95.6 Å². The number of nitrogens with one attached hydrogen (secondary N) is 2. The van der Waals surface area contributed by atoms with Crippen molar-refractivity contribution in [3.8, 4) is 0 Å². The number of piperidine rings is 2. The number of carbonyl (C=O) groups excluding carboxylic acids is 4. The van der Waals surface area contributed by atoms with Crippen molar-refractivity contribution in [2.75, 3.05) is 19.6 Å². The molecule has 2 aliphatic carbocycles. The largest absolute Gasteiger partial charge is 0.355 e. The van der Waals surface area contributed by atoms with Crippen LogP contribution in [0.5, 0.6) is 0 Å². The van der Waals surface area contributed by atoms with Gasteiger partial charge in [0.05, 0.1) is 11.8 Å². The molecule has 3 fully saturated rings. The Bertz CT molecular complexity index is 997. The van der Waals surface area contributed by atoms with Gasteiger partial charge < -0.3 is 10.2 Å². The lowest BCUT2D eigenvalue weighted by Gasteiger charge is -2.54. The second-order valence-corrected chi connectivity index (χ2v) is 10.1. The van der Waals surface area contributed by atoms with Crippen LogP contribution in [0.2, 0.25) is 0 Å². The molecule has 1 aromatic rings. The maximum absolute atomic E-state index is 13.1. The Labute approximate surface area is 194 Å². The number of fused-ring (bicyclic) bond motifs is 1. The van der Waals surface area contributed by atoms with Gasteiger partial charge in [-0.2, -0.15) is 0 Å². The van der Waals surface area contributed by atoms with E-state index in [-0.39, 0.29) is 53.7 Å². The van der Waals surface area contributed by atoms with Crippen LogP contribution in [0.15, 0.2) is 30.3 Å². The number of hydrogen-bond donors (Lipinski definition) is 2. The highest BCUT2D eigenvalue weighted by Crippen LogP contribution is 2.52. The van der Waals surface area contributed by atoms with E-state index in [2.05, 4.69) is 22.8 Å². The third-order valence-electron chi connectivity index (χ3n) is 8.22. The number of allylic oxidation sites excluding steroid dienone is 1. The molecule has 7 heteroatoms. The lowest BCUT2D eigenvalue weighted by molar-refractivity contribution is -0.149. The minimum Gasteiger partial charge on any atom is -0.355 e. The molecule has 0 radical (unpaired) electrons. The molecule has 1 spiro atoms. The molecule has 4 aliphatic rings. The van der Waals surface area contributed by atoms with Crippen molar-refractivity contribution in [1.29, 1.82) is 0 Å². The van der Waals surface area contributed by atoms with Gasteiger partial charge in [-0.3, -0.25) is 24.5 Å². The molecule has 1 saturated carbocycles. The van der Waals surface area contributed by atoms with Crippen molar-refractivity contribution in [2.45, 2.75) is 50.9 Å². The number of carbonyl (C=O) groups is 4. The first kappa shape index (κ1) is 21.9. The van der Waals surface area contributed by atoms with Crippen LogP contribution < -0.4 is 10.6 Å². The van der Waals surface area contributed by atoms with Crippen LogP contribution in [0.1, 0.15) is 62.0 Å². The lowest BCUT2D eigenvalue weighted by atomic mass is 9.57. The molecule has 2 aliphatic heterocycles. The van der Waals surface area contributed by atoms with Crippen LogP contribution in [-0.2, 0) is 19.2 Å². The fourth-order valence-corrected chi connectivity index (χ4v) is 6.13. The first-order valence-electron chi connectivity index (χ1n) is 12.1. The van der Waals surface area contributed by atoms with Gasteiger partial charge >= 0.3 is 0 Å². The molecular formula is C26H31N3O4. The van der Waals surface area contributed by atoms with E-state index in [0.717, 1.165) is 30.4 Å². The maximum atomic E-state index is 13.1. The van der Waals surface area contributed by atoms with Gasteiger partial charge in [0, 0.05) is 32.5 Å². The molecular weight excluding hydrogens is 418 g/mol. The average Bonchev–Trinajstić information content (AvgIpc) is 2.79. The Balaban J connectivity index is 1.25. The monoisotopic (exact) mass is 449 g/mol. The summed E-state index contributed by atoms with van der Waals surface area (Å²) < 4.78 is 0. The van der Waals surface area contributed by atoms with E-state index < -0.39 is 5.92 Å². The number of likely N-dealkylation sites (tertiary alicyclic amines) is 1. The summed E-state index contributed by atoms with van der Waals surface area (Å²) in [5.41, 5.74) is 2.35. The summed E-state index contributed by atoms with van der Waals surface area (Å²) in [7, 11) is 0. The summed E-state index contributed by atoms with van der Waals surface area (Å²) >= 11 is 0. The van der Waals surface area contributed by atoms with Gasteiger partial charge in [-0.25, -0.2) is 0 Å². The molecule has 2 atom stereocenters. The van der Waals surface area contributed by atoms with Crippen molar-refractivity contribution in [3.63, 3.8) is 0 Å². The summed E-state index contributed by atoms with van der Waals surface area (Å²) in [4.78, 5) is 51.6. The van der Waals surface area contributed by atoms with Gasteiger partial charge in [0.2, 0.25) is 23.6 Å². The van der Waals surface area contributed by atoms with E-state index in [9.17, 15) is 19.2 Å². The van der Waals surface area contributed by atoms with Crippen molar-refractivity contribution in [2.24, 2.45) is 17.3 Å². The Hall–Kier alpha value is -2.96. The van der Waals surface area contributed by atoms with Crippen molar-refractivity contribution < 1.29 is 19.2 Å². The van der Waals surface area contributed by atoms with Crippen LogP contribution in [-0.4, -0.2) is 48.2 Å². The Kier molecular flexibility index (Phi) is 5.81. The van der Waals surface area contributed by atoms with Gasteiger partial charge in [0.25, 0.3) is 0 Å². The maximum Gasteiger partial charge on any atom is 0.227 e. The number of hydrogen-bond acceptors (Lipinski definition) is 4. The number of nitrogens with zero attached hydrogens (tertiary/aromatic N) is 1. The first-order chi connectivity index (χ1) is 15.9. The molecule has 1 aromatic carbocycles. The standard InChI is InChI=1S/C26H31N3O4/c30-22-13-18(14-23(31)28-22)25(33)29-12-11-26(9-4-10-26)19(16-29)15-27-24(32)21-8-3-6-17-5-1-2-7-20(17)21/h1-3,5-7,18-19,21H,4,8-16H2,(H,27,32)(H,28,30,31). The van der Waals surface area contributed by atoms with Gasteiger partial charge in [-0.15, -0.1) is 0 Å². The zero-order valence-electron chi connectivity index (χ0n) is 18.8. The predicted molar refractivity (Wildman–Crippen MR) is 123 cm³/mol. The smallest absolute Gasteiger partial charge is 0.227 e. The fourth-order valence-electron chi connectivity index (χ4n) is 6.13. The quantitative estimate of drug-likeness (QED) is 0.690.